The van der Waals surface area contributed by atoms with E-state index in [2.05, 4.69) is 32.1 Å². The Balaban J connectivity index is 0. The van der Waals surface area contributed by atoms with E-state index in [-0.39, 0.29) is 51.0 Å². The van der Waals surface area contributed by atoms with Gasteiger partial charge in [-0.15, -0.1) is 6.42 Å². The molecule has 1 aromatic rings. The van der Waals surface area contributed by atoms with Crippen molar-refractivity contribution >= 4 is 0 Å². The molecule has 2 aliphatic rings. The second-order valence-corrected chi connectivity index (χ2v) is 4.68. The van der Waals surface area contributed by atoms with Gasteiger partial charge in [0, 0.05) is 0 Å². The summed E-state index contributed by atoms with van der Waals surface area (Å²) in [5, 5.41) is 0. The Morgan fingerprint density at radius 2 is 1.84 bits per heavy atom. The monoisotopic (exact) mass is 372 g/mol. The topological polar surface area (TPSA) is 0 Å². The zero-order valence-electron chi connectivity index (χ0n) is 11.6. The van der Waals surface area contributed by atoms with Crippen LogP contribution in [0.4, 0.5) is 0 Å². The summed E-state index contributed by atoms with van der Waals surface area (Å²) in [6.07, 6.45) is 15.5. The molecule has 0 radical (unpaired) electrons. The number of halogens is 2. The SMILES string of the molecule is Cc1c[c-](C)c2c1CCCC2.[C-]1=CC=CC1.[Cl-].[Cl-].[Zr+4]. The van der Waals surface area contributed by atoms with Crippen molar-refractivity contribution in [2.24, 2.45) is 0 Å². The fourth-order valence-electron chi connectivity index (χ4n) is 2.61. The molecule has 0 saturated heterocycles. The van der Waals surface area contributed by atoms with Crippen molar-refractivity contribution in [3.05, 3.63) is 52.6 Å². The van der Waals surface area contributed by atoms with Crippen LogP contribution in [0.1, 0.15) is 41.5 Å². The number of aryl methyl sites for hydroxylation is 2. The normalized spacial score (nSPS) is 14.2. The van der Waals surface area contributed by atoms with Gasteiger partial charge in [-0.25, -0.2) is 12.2 Å². The quantitative estimate of drug-likeness (QED) is 0.471. The summed E-state index contributed by atoms with van der Waals surface area (Å²) in [4.78, 5) is 0. The first-order valence-electron chi connectivity index (χ1n) is 6.25. The van der Waals surface area contributed by atoms with E-state index in [4.69, 9.17) is 0 Å². The van der Waals surface area contributed by atoms with Crippen molar-refractivity contribution in [2.45, 2.75) is 46.0 Å². The van der Waals surface area contributed by atoms with Crippen LogP contribution in [0, 0.1) is 19.9 Å². The zero-order valence-corrected chi connectivity index (χ0v) is 15.6. The Kier molecular flexibility index (Phi) is 12.5. The summed E-state index contributed by atoms with van der Waals surface area (Å²) in [5.74, 6) is 0. The van der Waals surface area contributed by atoms with Crippen LogP contribution in [0.25, 0.3) is 0 Å². The average molecular weight is 374 g/mol. The minimum absolute atomic E-state index is 0. The number of rotatable bonds is 0. The standard InChI is InChI=1S/C11H15.C5H5.2ClH.Zr/c1-8-7-9(2)11-6-4-3-5-10(8)11;1-2-4-5-3-1;;;/h7H,3-6H2,1-2H3;1-3H,4H2;2*1H;/q2*-1;;;+4/p-2. The first kappa shape index (κ1) is 21.6. The van der Waals surface area contributed by atoms with E-state index in [0.29, 0.717) is 0 Å². The summed E-state index contributed by atoms with van der Waals surface area (Å²) < 4.78 is 0. The molecule has 19 heavy (non-hydrogen) atoms. The zero-order chi connectivity index (χ0) is 11.4. The van der Waals surface area contributed by atoms with Crippen LogP contribution in [0.15, 0.2) is 24.3 Å². The maximum Gasteiger partial charge on any atom is 4.00 e. The summed E-state index contributed by atoms with van der Waals surface area (Å²) in [6, 6.07) is 2.34. The van der Waals surface area contributed by atoms with Crippen LogP contribution in [-0.4, -0.2) is 0 Å². The number of allylic oxidation sites excluding steroid dienone is 4. The molecule has 0 bridgehead atoms. The third kappa shape index (κ3) is 6.07. The van der Waals surface area contributed by atoms with Gasteiger partial charge in [-0.3, -0.25) is 6.08 Å². The largest absolute Gasteiger partial charge is 4.00 e. The van der Waals surface area contributed by atoms with Gasteiger partial charge in [0.25, 0.3) is 0 Å². The maximum absolute atomic E-state index is 2.99. The predicted molar refractivity (Wildman–Crippen MR) is 69.7 cm³/mol. The molecule has 0 aromatic heterocycles. The van der Waals surface area contributed by atoms with E-state index in [0.717, 1.165) is 6.42 Å². The van der Waals surface area contributed by atoms with E-state index in [9.17, 15) is 0 Å². The van der Waals surface area contributed by atoms with Crippen molar-refractivity contribution < 1.29 is 51.0 Å². The van der Waals surface area contributed by atoms with Gasteiger partial charge in [-0.05, 0) is 0 Å². The third-order valence-corrected chi connectivity index (χ3v) is 3.44. The molecule has 0 N–H and O–H groups in total. The number of hydrogen-bond donors (Lipinski definition) is 0. The summed E-state index contributed by atoms with van der Waals surface area (Å²) in [6.45, 7) is 4.49. The van der Waals surface area contributed by atoms with Gasteiger partial charge in [-0.1, -0.05) is 39.5 Å². The molecule has 0 nitrogen and oxygen atoms in total. The van der Waals surface area contributed by atoms with Gasteiger partial charge < -0.3 is 24.8 Å². The Labute approximate surface area is 149 Å². The second-order valence-electron chi connectivity index (χ2n) is 4.68. The summed E-state index contributed by atoms with van der Waals surface area (Å²) in [7, 11) is 0. The Bertz CT molecular complexity index is 380. The van der Waals surface area contributed by atoms with Crippen LogP contribution in [0.2, 0.25) is 0 Å². The van der Waals surface area contributed by atoms with Gasteiger partial charge in [0.05, 0.1) is 0 Å². The fourth-order valence-corrected chi connectivity index (χ4v) is 2.61. The van der Waals surface area contributed by atoms with Gasteiger partial charge in [0.15, 0.2) is 0 Å². The van der Waals surface area contributed by atoms with Crippen LogP contribution < -0.4 is 24.8 Å². The maximum atomic E-state index is 2.99. The van der Waals surface area contributed by atoms with Crippen LogP contribution in [0.3, 0.4) is 0 Å². The second kappa shape index (κ2) is 11.0. The van der Waals surface area contributed by atoms with E-state index in [1.165, 1.54) is 36.8 Å². The Morgan fingerprint density at radius 1 is 1.16 bits per heavy atom. The first-order valence-corrected chi connectivity index (χ1v) is 6.25. The van der Waals surface area contributed by atoms with Gasteiger partial charge in [-0.2, -0.15) is 34.4 Å². The Morgan fingerprint density at radius 3 is 2.32 bits per heavy atom. The van der Waals surface area contributed by atoms with E-state index in [1.807, 2.05) is 12.2 Å². The van der Waals surface area contributed by atoms with Crippen molar-refractivity contribution in [3.8, 4) is 0 Å². The molecule has 1 aromatic carbocycles. The minimum atomic E-state index is 0. The van der Waals surface area contributed by atoms with Gasteiger partial charge in [0.1, 0.15) is 0 Å². The number of fused-ring (bicyclic) bond motifs is 1. The molecular formula is C16H20Cl2Zr. The third-order valence-electron chi connectivity index (χ3n) is 3.44. The summed E-state index contributed by atoms with van der Waals surface area (Å²) in [5.41, 5.74) is 6.37. The smallest absolute Gasteiger partial charge is 1.00 e. The first-order chi connectivity index (χ1) is 7.79. The minimum Gasteiger partial charge on any atom is -1.00 e. The molecule has 0 unspecified atom stereocenters. The van der Waals surface area contributed by atoms with Crippen molar-refractivity contribution in [1.29, 1.82) is 0 Å². The molecule has 0 fully saturated rings. The molecule has 0 saturated carbocycles. The van der Waals surface area contributed by atoms with E-state index >= 15 is 0 Å². The van der Waals surface area contributed by atoms with Crippen LogP contribution >= 0.6 is 0 Å². The van der Waals surface area contributed by atoms with Crippen molar-refractivity contribution in [3.63, 3.8) is 0 Å². The van der Waals surface area contributed by atoms with Gasteiger partial charge >= 0.3 is 26.2 Å². The molecule has 3 rings (SSSR count). The Hall–Kier alpha value is 0.293. The molecule has 0 aliphatic heterocycles. The number of hydrogen-bond acceptors (Lipinski definition) is 0. The van der Waals surface area contributed by atoms with E-state index in [1.54, 1.807) is 11.1 Å². The molecular weight excluding hydrogens is 354 g/mol. The van der Waals surface area contributed by atoms with Gasteiger partial charge in [0.2, 0.25) is 0 Å². The molecule has 0 spiro atoms. The fraction of sp³-hybridized carbons (Fsp3) is 0.438. The molecule has 0 atom stereocenters. The predicted octanol–water partition coefficient (Wildman–Crippen LogP) is -1.79. The molecule has 2 aliphatic carbocycles. The molecule has 102 valence electrons. The molecule has 0 amide bonds. The van der Waals surface area contributed by atoms with Crippen LogP contribution in [0.5, 0.6) is 0 Å². The van der Waals surface area contributed by atoms with Crippen molar-refractivity contribution in [2.75, 3.05) is 0 Å². The van der Waals surface area contributed by atoms with E-state index < -0.39 is 0 Å². The van der Waals surface area contributed by atoms with Crippen molar-refractivity contribution in [1.82, 2.24) is 0 Å². The molecule has 3 heteroatoms. The average Bonchev–Trinajstić information content (AvgIpc) is 2.94. The summed E-state index contributed by atoms with van der Waals surface area (Å²) >= 11 is 0. The van der Waals surface area contributed by atoms with Crippen LogP contribution in [-0.2, 0) is 39.0 Å². The molecule has 0 heterocycles.